The quantitative estimate of drug-likeness (QED) is 0.644. The van der Waals surface area contributed by atoms with Crippen LogP contribution >= 0.6 is 0 Å². The molecular weight excluding hydrogens is 311 g/mol. The van der Waals surface area contributed by atoms with Gasteiger partial charge in [0.25, 0.3) is 0 Å². The summed E-state index contributed by atoms with van der Waals surface area (Å²) in [7, 11) is 0. The van der Waals surface area contributed by atoms with Gasteiger partial charge in [0.05, 0.1) is 0 Å². The van der Waals surface area contributed by atoms with E-state index in [0.29, 0.717) is 24.0 Å². The Morgan fingerprint density at radius 3 is 1.20 bits per heavy atom. The van der Waals surface area contributed by atoms with E-state index < -0.39 is 0 Å². The van der Waals surface area contributed by atoms with E-state index in [1.54, 1.807) is 0 Å². The molecule has 3 radical (unpaired) electrons. The van der Waals surface area contributed by atoms with Crippen molar-refractivity contribution in [3.8, 4) is 0 Å². The molecule has 0 bridgehead atoms. The Morgan fingerprint density at radius 1 is 0.760 bits per heavy atom. The first kappa shape index (κ1) is 26.1. The molecule has 1 heterocycles. The van der Waals surface area contributed by atoms with Gasteiger partial charge in [-0.2, -0.15) is 0 Å². The van der Waals surface area contributed by atoms with Gasteiger partial charge in [-0.1, -0.05) is 83.1 Å². The summed E-state index contributed by atoms with van der Waals surface area (Å²) in [6.07, 6.45) is 0.677. The van der Waals surface area contributed by atoms with Crippen LogP contribution in [0.5, 0.6) is 0 Å². The first-order valence-electron chi connectivity index (χ1n) is 8.72. The van der Waals surface area contributed by atoms with E-state index in [-0.39, 0.29) is 30.1 Å². The molecule has 0 unspecified atom stereocenters. The topological polar surface area (TPSA) is 56.0 Å². The maximum atomic E-state index is 11.5. The van der Waals surface area contributed by atoms with Gasteiger partial charge >= 0.3 is 0 Å². The van der Waals surface area contributed by atoms with E-state index in [1.807, 2.05) is 20.8 Å². The third-order valence-electron chi connectivity index (χ3n) is 3.24. The zero-order chi connectivity index (χ0) is 19.6. The smallest absolute Gasteiger partial charge is 0.221 e. The first-order valence-corrected chi connectivity index (χ1v) is 8.72. The number of hydrogen-bond donors (Lipinski definition) is 0. The summed E-state index contributed by atoms with van der Waals surface area (Å²) in [6.45, 7) is 24.6. The molecule has 0 fully saturated rings. The predicted molar refractivity (Wildman–Crippen MR) is 106 cm³/mol. The molecule has 0 aliphatic carbocycles. The Morgan fingerprint density at radius 2 is 1.08 bits per heavy atom. The van der Waals surface area contributed by atoms with Crippen LogP contribution in [-0.2, 0) is 15.6 Å². The van der Waals surface area contributed by atoms with Crippen LogP contribution in [0.4, 0.5) is 0 Å². The second kappa shape index (κ2) is 8.50. The van der Waals surface area contributed by atoms with E-state index in [1.165, 1.54) is 0 Å². The van der Waals surface area contributed by atoms with E-state index in [4.69, 9.17) is 4.42 Å². The largest absolute Gasteiger partial charge is 0.424 e. The number of carbonyl (C=O) groups excluding carboxylic acids is 1. The fourth-order valence-corrected chi connectivity index (χ4v) is 1.58. The molecule has 25 heavy (non-hydrogen) atoms. The zero-order valence-corrected chi connectivity index (χ0v) is 18.5. The average Bonchev–Trinajstić information content (AvgIpc) is 2.73. The highest BCUT2D eigenvalue weighted by atomic mass is 16.4. The molecule has 0 amide bonds. The minimum Gasteiger partial charge on any atom is -0.424 e. The molecule has 1 aromatic heterocycles. The van der Waals surface area contributed by atoms with Crippen LogP contribution in [0.1, 0.15) is 101 Å². The van der Waals surface area contributed by atoms with Crippen molar-refractivity contribution in [1.82, 2.24) is 10.2 Å². The van der Waals surface area contributed by atoms with Crippen LogP contribution < -0.4 is 0 Å². The lowest BCUT2D eigenvalue weighted by atomic mass is 9.80. The molecular formula is C20H38BN2O2. The number of carbonyl (C=O) groups is 1. The fraction of sp³-hybridized carbons (Fsp3) is 0.850. The highest BCUT2D eigenvalue weighted by Crippen LogP contribution is 2.27. The minimum atomic E-state index is -0.173. The highest BCUT2D eigenvalue weighted by molar-refractivity contribution is 5.84. The van der Waals surface area contributed by atoms with Crippen molar-refractivity contribution in [3.63, 3.8) is 0 Å². The number of ketones is 1. The van der Waals surface area contributed by atoms with E-state index in [9.17, 15) is 4.79 Å². The monoisotopic (exact) mass is 349 g/mol. The van der Waals surface area contributed by atoms with Gasteiger partial charge in [0, 0.05) is 31.1 Å². The summed E-state index contributed by atoms with van der Waals surface area (Å²) in [6, 6.07) is 0. The van der Waals surface area contributed by atoms with Crippen LogP contribution in [0.15, 0.2) is 4.42 Å². The summed E-state index contributed by atoms with van der Waals surface area (Å²) in [5.41, 5.74) is -0.162. The molecule has 0 saturated heterocycles. The summed E-state index contributed by atoms with van der Waals surface area (Å²) < 4.78 is 5.59. The number of rotatable bonds is 1. The Balaban J connectivity index is 0. The lowest BCUT2D eigenvalue weighted by Crippen LogP contribution is -2.25. The van der Waals surface area contributed by atoms with Crippen molar-refractivity contribution in [2.75, 3.05) is 0 Å². The van der Waals surface area contributed by atoms with Crippen molar-refractivity contribution >= 4 is 14.2 Å². The predicted octanol–water partition coefficient (Wildman–Crippen LogP) is 5.32. The molecule has 0 spiro atoms. The van der Waals surface area contributed by atoms with Gasteiger partial charge in [-0.3, -0.25) is 4.79 Å². The van der Waals surface area contributed by atoms with Gasteiger partial charge in [-0.05, 0) is 5.41 Å². The summed E-state index contributed by atoms with van der Waals surface area (Å²) in [4.78, 5) is 11.5. The average molecular weight is 349 g/mol. The van der Waals surface area contributed by atoms with Crippen molar-refractivity contribution in [3.05, 3.63) is 11.8 Å². The minimum absolute atomic E-state index is 0. The molecule has 4 nitrogen and oxygen atoms in total. The van der Waals surface area contributed by atoms with Gasteiger partial charge in [0.2, 0.25) is 11.8 Å². The number of hydrogen-bond acceptors (Lipinski definition) is 4. The number of Topliss-reactive ketones (excluding diaryl/α,β-unsaturated/α-hetero) is 1. The molecule has 0 aliphatic heterocycles. The van der Waals surface area contributed by atoms with Gasteiger partial charge in [0.15, 0.2) is 0 Å². The van der Waals surface area contributed by atoms with Crippen molar-refractivity contribution in [2.45, 2.75) is 100 Å². The number of nitrogens with zero attached hydrogens (tertiary/aromatic N) is 2. The van der Waals surface area contributed by atoms with Gasteiger partial charge < -0.3 is 4.42 Å². The SMILES string of the molecule is CC(C)(C)CC(=O)C(C)(C)C.CC(C)(C)c1nnc(C(C)(C)C)o1.[B]. The summed E-state index contributed by atoms with van der Waals surface area (Å²) >= 11 is 0. The third-order valence-corrected chi connectivity index (χ3v) is 3.24. The zero-order valence-electron chi connectivity index (χ0n) is 18.5. The Bertz CT molecular complexity index is 507. The Hall–Kier alpha value is -1.13. The van der Waals surface area contributed by atoms with Gasteiger partial charge in [-0.15, -0.1) is 10.2 Å². The van der Waals surface area contributed by atoms with Gasteiger partial charge in [0.1, 0.15) is 5.78 Å². The second-order valence-electron chi connectivity index (χ2n) is 10.8. The molecule has 0 aromatic carbocycles. The van der Waals surface area contributed by atoms with Crippen molar-refractivity contribution in [2.24, 2.45) is 10.8 Å². The van der Waals surface area contributed by atoms with Crippen LogP contribution in [0, 0.1) is 10.8 Å². The maximum absolute atomic E-state index is 11.5. The van der Waals surface area contributed by atoms with Crippen LogP contribution in [0.2, 0.25) is 0 Å². The standard InChI is InChI=1S/C10H18N2O.C10H20O.B/c1-9(2,3)7-11-12-8(13-7)10(4,5)6;1-9(2,3)7-8(11)10(4,5)6;/h1-6H3;7H2,1-6H3;. The molecule has 0 atom stereocenters. The number of aromatic nitrogens is 2. The first-order chi connectivity index (χ1) is 10.3. The lowest BCUT2D eigenvalue weighted by Gasteiger charge is -2.23. The molecule has 5 heteroatoms. The summed E-state index contributed by atoms with van der Waals surface area (Å²) in [5.74, 6) is 1.76. The van der Waals surface area contributed by atoms with Crippen molar-refractivity contribution in [1.29, 1.82) is 0 Å². The molecule has 1 aromatic rings. The van der Waals surface area contributed by atoms with Crippen LogP contribution in [0.3, 0.4) is 0 Å². The normalized spacial score (nSPS) is 12.8. The van der Waals surface area contributed by atoms with Crippen LogP contribution in [-0.4, -0.2) is 24.4 Å². The lowest BCUT2D eigenvalue weighted by molar-refractivity contribution is -0.128. The third kappa shape index (κ3) is 10.5. The molecule has 0 aliphatic rings. The molecule has 0 saturated carbocycles. The fourth-order valence-electron chi connectivity index (χ4n) is 1.58. The van der Waals surface area contributed by atoms with Gasteiger partial charge in [-0.25, -0.2) is 0 Å². The Kier molecular flexibility index (Phi) is 8.88. The second-order valence-corrected chi connectivity index (χ2v) is 10.8. The highest BCUT2D eigenvalue weighted by Gasteiger charge is 2.27. The molecule has 1 rings (SSSR count). The van der Waals surface area contributed by atoms with Crippen molar-refractivity contribution < 1.29 is 9.21 Å². The molecule has 143 valence electrons. The van der Waals surface area contributed by atoms with E-state index in [0.717, 1.165) is 0 Å². The Labute approximate surface area is 157 Å². The van der Waals surface area contributed by atoms with E-state index >= 15 is 0 Å². The van der Waals surface area contributed by atoms with Crippen LogP contribution in [0.25, 0.3) is 0 Å². The molecule has 0 N–H and O–H groups in total. The summed E-state index contributed by atoms with van der Waals surface area (Å²) in [5, 5.41) is 8.07. The van der Waals surface area contributed by atoms with E-state index in [2.05, 4.69) is 72.5 Å². The maximum Gasteiger partial charge on any atom is 0.221 e.